The Labute approximate surface area is 80.3 Å². The number of hydrogen-bond acceptors (Lipinski definition) is 2. The maximum absolute atomic E-state index is 5.13. The first kappa shape index (κ1) is 10.3. The maximum Gasteiger partial charge on any atom is 0.136 e. The third-order valence-corrected chi connectivity index (χ3v) is 2.09. The van der Waals surface area contributed by atoms with Crippen LogP contribution in [0.15, 0.2) is 10.6 Å². The zero-order valence-corrected chi connectivity index (χ0v) is 9.05. The van der Waals surface area contributed by atoms with Gasteiger partial charge in [-0.15, -0.1) is 0 Å². The summed E-state index contributed by atoms with van der Waals surface area (Å²) in [5, 5.41) is 4.02. The van der Waals surface area contributed by atoms with E-state index in [4.69, 9.17) is 4.52 Å². The molecular formula is C11H19NO. The molecule has 0 aliphatic heterocycles. The van der Waals surface area contributed by atoms with E-state index in [1.807, 2.05) is 0 Å². The van der Waals surface area contributed by atoms with E-state index in [0.29, 0.717) is 5.41 Å². The van der Waals surface area contributed by atoms with Gasteiger partial charge < -0.3 is 4.52 Å². The van der Waals surface area contributed by atoms with Crippen LogP contribution in [0.25, 0.3) is 0 Å². The van der Waals surface area contributed by atoms with Gasteiger partial charge in [-0.05, 0) is 18.3 Å². The molecule has 0 aliphatic rings. The van der Waals surface area contributed by atoms with Gasteiger partial charge in [-0.3, -0.25) is 0 Å². The fourth-order valence-corrected chi connectivity index (χ4v) is 1.14. The molecule has 0 spiro atoms. The van der Waals surface area contributed by atoms with E-state index in [0.717, 1.165) is 30.7 Å². The molecule has 0 unspecified atom stereocenters. The first-order chi connectivity index (χ1) is 6.01. The minimum atomic E-state index is 0.380. The smallest absolute Gasteiger partial charge is 0.136 e. The van der Waals surface area contributed by atoms with Gasteiger partial charge in [0, 0.05) is 12.5 Å². The predicted molar refractivity (Wildman–Crippen MR) is 53.7 cm³/mol. The van der Waals surface area contributed by atoms with Gasteiger partial charge in [0.1, 0.15) is 5.76 Å². The lowest BCUT2D eigenvalue weighted by atomic mass is 9.90. The van der Waals surface area contributed by atoms with Crippen molar-refractivity contribution in [3.8, 4) is 0 Å². The average Bonchev–Trinajstić information content (AvgIpc) is 2.47. The lowest BCUT2D eigenvalue weighted by Crippen LogP contribution is -2.06. The minimum Gasteiger partial charge on any atom is -0.361 e. The van der Waals surface area contributed by atoms with Crippen LogP contribution < -0.4 is 0 Å². The molecule has 2 nitrogen and oxygen atoms in total. The van der Waals surface area contributed by atoms with Crippen LogP contribution in [0.5, 0.6) is 0 Å². The summed E-state index contributed by atoms with van der Waals surface area (Å²) in [5.74, 6) is 0.990. The molecule has 0 atom stereocenters. The number of rotatable bonds is 3. The molecule has 0 N–H and O–H groups in total. The van der Waals surface area contributed by atoms with E-state index in [1.54, 1.807) is 0 Å². The number of hydrogen-bond donors (Lipinski definition) is 0. The van der Waals surface area contributed by atoms with Gasteiger partial charge in [0.25, 0.3) is 0 Å². The lowest BCUT2D eigenvalue weighted by molar-refractivity contribution is 0.357. The van der Waals surface area contributed by atoms with Crippen molar-refractivity contribution in [3.63, 3.8) is 0 Å². The highest BCUT2D eigenvalue weighted by molar-refractivity contribution is 5.05. The Morgan fingerprint density at radius 1 is 1.38 bits per heavy atom. The first-order valence-corrected chi connectivity index (χ1v) is 4.96. The summed E-state index contributed by atoms with van der Waals surface area (Å²) in [4.78, 5) is 0. The van der Waals surface area contributed by atoms with E-state index in [-0.39, 0.29) is 0 Å². The molecule has 0 fully saturated rings. The highest BCUT2D eigenvalue weighted by Crippen LogP contribution is 2.21. The van der Waals surface area contributed by atoms with Crippen LogP contribution in [-0.2, 0) is 12.8 Å². The first-order valence-electron chi connectivity index (χ1n) is 4.96. The molecular weight excluding hydrogens is 162 g/mol. The van der Waals surface area contributed by atoms with Crippen LogP contribution in [0.4, 0.5) is 0 Å². The van der Waals surface area contributed by atoms with Crippen LogP contribution in [0.1, 0.15) is 45.6 Å². The molecule has 0 bridgehead atoms. The SMILES string of the molecule is CCc1cc(CCC(C)(C)C)no1. The zero-order chi connectivity index (χ0) is 9.90. The molecule has 0 aromatic carbocycles. The fourth-order valence-electron chi connectivity index (χ4n) is 1.14. The second-order valence-electron chi connectivity index (χ2n) is 4.70. The summed E-state index contributed by atoms with van der Waals surface area (Å²) in [6, 6.07) is 2.06. The summed E-state index contributed by atoms with van der Waals surface area (Å²) in [5.41, 5.74) is 1.47. The molecule has 0 aliphatic carbocycles. The minimum absolute atomic E-state index is 0.380. The van der Waals surface area contributed by atoms with Gasteiger partial charge in [-0.25, -0.2) is 0 Å². The van der Waals surface area contributed by atoms with E-state index < -0.39 is 0 Å². The molecule has 0 radical (unpaired) electrons. The molecule has 0 amide bonds. The summed E-state index contributed by atoms with van der Waals surface area (Å²) < 4.78 is 5.13. The summed E-state index contributed by atoms with van der Waals surface area (Å²) in [7, 11) is 0. The zero-order valence-electron chi connectivity index (χ0n) is 9.05. The Hall–Kier alpha value is -0.790. The average molecular weight is 181 g/mol. The topological polar surface area (TPSA) is 26.0 Å². The van der Waals surface area contributed by atoms with Gasteiger partial charge in [0.15, 0.2) is 0 Å². The van der Waals surface area contributed by atoms with Crippen LogP contribution in [0, 0.1) is 5.41 Å². The molecule has 0 saturated heterocycles. The fraction of sp³-hybridized carbons (Fsp3) is 0.727. The standard InChI is InChI=1S/C11H19NO/c1-5-10-8-9(12-13-10)6-7-11(2,3)4/h8H,5-7H2,1-4H3. The number of aryl methyl sites for hydroxylation is 2. The molecule has 1 rings (SSSR count). The summed E-state index contributed by atoms with van der Waals surface area (Å²) in [6.45, 7) is 8.81. The largest absolute Gasteiger partial charge is 0.361 e. The van der Waals surface area contributed by atoms with Crippen molar-refractivity contribution in [2.24, 2.45) is 5.41 Å². The van der Waals surface area contributed by atoms with Gasteiger partial charge in [0.05, 0.1) is 5.69 Å². The third-order valence-electron chi connectivity index (χ3n) is 2.09. The quantitative estimate of drug-likeness (QED) is 0.715. The Morgan fingerprint density at radius 3 is 2.54 bits per heavy atom. The Morgan fingerprint density at radius 2 is 2.08 bits per heavy atom. The monoisotopic (exact) mass is 181 g/mol. The Balaban J connectivity index is 2.46. The van der Waals surface area contributed by atoms with Crippen molar-refractivity contribution in [1.29, 1.82) is 0 Å². The van der Waals surface area contributed by atoms with Crippen LogP contribution in [0.2, 0.25) is 0 Å². The molecule has 0 saturated carbocycles. The molecule has 13 heavy (non-hydrogen) atoms. The van der Waals surface area contributed by atoms with Crippen molar-refractivity contribution in [2.75, 3.05) is 0 Å². The Bertz CT molecular complexity index is 257. The van der Waals surface area contributed by atoms with E-state index in [9.17, 15) is 0 Å². The van der Waals surface area contributed by atoms with Gasteiger partial charge in [0.2, 0.25) is 0 Å². The molecule has 1 heterocycles. The normalized spacial score (nSPS) is 12.0. The van der Waals surface area contributed by atoms with Crippen molar-refractivity contribution in [2.45, 2.75) is 47.0 Å². The highest BCUT2D eigenvalue weighted by Gasteiger charge is 2.11. The van der Waals surface area contributed by atoms with E-state index >= 15 is 0 Å². The summed E-state index contributed by atoms with van der Waals surface area (Å²) in [6.07, 6.45) is 3.11. The Kier molecular flexibility index (Phi) is 3.12. The van der Waals surface area contributed by atoms with Crippen LogP contribution in [0.3, 0.4) is 0 Å². The van der Waals surface area contributed by atoms with Gasteiger partial charge in [-0.1, -0.05) is 32.9 Å². The van der Waals surface area contributed by atoms with E-state index in [1.165, 1.54) is 0 Å². The maximum atomic E-state index is 5.13. The van der Waals surface area contributed by atoms with Crippen LogP contribution in [-0.4, -0.2) is 5.16 Å². The second-order valence-corrected chi connectivity index (χ2v) is 4.70. The van der Waals surface area contributed by atoms with E-state index in [2.05, 4.69) is 38.9 Å². The lowest BCUT2D eigenvalue weighted by Gasteiger charge is -2.16. The molecule has 1 aromatic rings. The molecule has 2 heteroatoms. The van der Waals surface area contributed by atoms with Crippen molar-refractivity contribution < 1.29 is 4.52 Å². The third kappa shape index (κ3) is 3.62. The van der Waals surface area contributed by atoms with Crippen molar-refractivity contribution in [3.05, 3.63) is 17.5 Å². The van der Waals surface area contributed by atoms with Crippen LogP contribution >= 0.6 is 0 Å². The number of aromatic nitrogens is 1. The van der Waals surface area contributed by atoms with Gasteiger partial charge >= 0.3 is 0 Å². The highest BCUT2D eigenvalue weighted by atomic mass is 16.5. The van der Waals surface area contributed by atoms with Crippen molar-refractivity contribution in [1.82, 2.24) is 5.16 Å². The van der Waals surface area contributed by atoms with Crippen molar-refractivity contribution >= 4 is 0 Å². The van der Waals surface area contributed by atoms with Gasteiger partial charge in [-0.2, -0.15) is 0 Å². The second kappa shape index (κ2) is 3.95. The number of nitrogens with zero attached hydrogens (tertiary/aromatic N) is 1. The predicted octanol–water partition coefficient (Wildman–Crippen LogP) is 3.22. The molecule has 74 valence electrons. The summed E-state index contributed by atoms with van der Waals surface area (Å²) >= 11 is 0. The molecule has 1 aromatic heterocycles.